The minimum Gasteiger partial charge on any atom is -0.469 e. The predicted octanol–water partition coefficient (Wildman–Crippen LogP) is 0.466. The highest BCUT2D eigenvalue weighted by Crippen LogP contribution is 2.09. The Kier molecular flexibility index (Phi) is 3.64. The summed E-state index contributed by atoms with van der Waals surface area (Å²) in [7, 11) is 1.38. The van der Waals surface area contributed by atoms with Crippen LogP contribution in [0.15, 0.2) is 12.5 Å². The van der Waals surface area contributed by atoms with Crippen LogP contribution in [0.25, 0.3) is 0 Å². The predicted molar refractivity (Wildman–Crippen MR) is 51.5 cm³/mol. The number of hydrogen-bond donors (Lipinski definition) is 1. The van der Waals surface area contributed by atoms with Crippen LogP contribution in [0.1, 0.15) is 25.1 Å². The van der Waals surface area contributed by atoms with Crippen molar-refractivity contribution in [1.29, 1.82) is 0 Å². The minimum atomic E-state index is -0.227. The molecule has 1 rings (SSSR count). The topological polar surface area (TPSA) is 70.1 Å². The van der Waals surface area contributed by atoms with E-state index in [-0.39, 0.29) is 12.0 Å². The van der Waals surface area contributed by atoms with Gasteiger partial charge in [-0.3, -0.25) is 4.79 Å². The zero-order valence-corrected chi connectivity index (χ0v) is 8.43. The molecule has 1 aromatic heterocycles. The van der Waals surface area contributed by atoms with Gasteiger partial charge in [0, 0.05) is 18.8 Å². The number of ether oxygens (including phenoxy) is 1. The van der Waals surface area contributed by atoms with Crippen LogP contribution < -0.4 is 5.73 Å². The second-order valence-electron chi connectivity index (χ2n) is 3.13. The minimum absolute atomic E-state index is 0.0739. The number of nitrogens with two attached hydrogens (primary N) is 1. The third-order valence-corrected chi connectivity index (χ3v) is 2.00. The Hall–Kier alpha value is -1.36. The summed E-state index contributed by atoms with van der Waals surface area (Å²) in [5.41, 5.74) is 6.65. The normalized spacial score (nSPS) is 12.5. The van der Waals surface area contributed by atoms with Gasteiger partial charge in [-0.25, -0.2) is 4.98 Å². The smallest absolute Gasteiger partial charge is 0.307 e. The van der Waals surface area contributed by atoms with Crippen LogP contribution in [-0.2, 0) is 16.1 Å². The largest absolute Gasteiger partial charge is 0.469 e. The Morgan fingerprint density at radius 1 is 1.79 bits per heavy atom. The molecule has 5 heteroatoms. The summed E-state index contributed by atoms with van der Waals surface area (Å²) >= 11 is 0. The number of esters is 1. The molecule has 2 N–H and O–H groups in total. The maximum absolute atomic E-state index is 10.9. The molecule has 78 valence electrons. The summed E-state index contributed by atoms with van der Waals surface area (Å²) in [6.07, 6.45) is 3.72. The number of aryl methyl sites for hydroxylation is 1. The standard InChI is InChI=1S/C9H15N3O2/c1-7(10)8-5-11-6-12(8)4-3-9(13)14-2/h5-7H,3-4,10H2,1-2H3. The van der Waals surface area contributed by atoms with E-state index in [2.05, 4.69) is 9.72 Å². The highest BCUT2D eigenvalue weighted by Gasteiger charge is 2.08. The SMILES string of the molecule is COC(=O)CCn1cncc1C(C)N. The van der Waals surface area contributed by atoms with Crippen LogP contribution in [0.2, 0.25) is 0 Å². The van der Waals surface area contributed by atoms with Crippen molar-refractivity contribution in [2.45, 2.75) is 25.9 Å². The molecule has 0 bridgehead atoms. The quantitative estimate of drug-likeness (QED) is 0.712. The molecule has 0 aliphatic rings. The second-order valence-corrected chi connectivity index (χ2v) is 3.13. The first-order valence-corrected chi connectivity index (χ1v) is 4.47. The fourth-order valence-electron chi connectivity index (χ4n) is 1.21. The van der Waals surface area contributed by atoms with Gasteiger partial charge in [0.2, 0.25) is 0 Å². The third-order valence-electron chi connectivity index (χ3n) is 2.00. The van der Waals surface area contributed by atoms with E-state index in [0.29, 0.717) is 13.0 Å². The summed E-state index contributed by atoms with van der Waals surface area (Å²) < 4.78 is 6.41. The Morgan fingerprint density at radius 3 is 3.07 bits per heavy atom. The molecule has 1 heterocycles. The highest BCUT2D eigenvalue weighted by molar-refractivity contribution is 5.68. The van der Waals surface area contributed by atoms with E-state index in [4.69, 9.17) is 5.73 Å². The number of carbonyl (C=O) groups is 1. The average molecular weight is 197 g/mol. The van der Waals surface area contributed by atoms with Crippen molar-refractivity contribution in [2.24, 2.45) is 5.73 Å². The number of aromatic nitrogens is 2. The molecule has 14 heavy (non-hydrogen) atoms. The fraction of sp³-hybridized carbons (Fsp3) is 0.556. The molecule has 1 atom stereocenters. The fourth-order valence-corrected chi connectivity index (χ4v) is 1.21. The van der Waals surface area contributed by atoms with Gasteiger partial charge < -0.3 is 15.0 Å². The van der Waals surface area contributed by atoms with Crippen LogP contribution in [-0.4, -0.2) is 22.6 Å². The molecule has 1 unspecified atom stereocenters. The molecular weight excluding hydrogens is 182 g/mol. The number of carbonyl (C=O) groups excluding carboxylic acids is 1. The number of methoxy groups -OCH3 is 1. The molecular formula is C9H15N3O2. The molecule has 1 aromatic rings. The van der Waals surface area contributed by atoms with Crippen molar-refractivity contribution in [1.82, 2.24) is 9.55 Å². The lowest BCUT2D eigenvalue weighted by Crippen LogP contribution is -2.14. The lowest BCUT2D eigenvalue weighted by atomic mass is 10.2. The summed E-state index contributed by atoms with van der Waals surface area (Å²) in [6.45, 7) is 2.44. The number of nitrogens with zero attached hydrogens (tertiary/aromatic N) is 2. The van der Waals surface area contributed by atoms with Gasteiger partial charge >= 0.3 is 5.97 Å². The molecule has 0 saturated heterocycles. The zero-order chi connectivity index (χ0) is 10.6. The Balaban J connectivity index is 2.58. The Labute approximate surface area is 82.9 Å². The van der Waals surface area contributed by atoms with Gasteiger partial charge in [-0.15, -0.1) is 0 Å². The van der Waals surface area contributed by atoms with E-state index >= 15 is 0 Å². The van der Waals surface area contributed by atoms with Crippen LogP contribution in [0.5, 0.6) is 0 Å². The summed E-state index contributed by atoms with van der Waals surface area (Å²) in [6, 6.07) is -0.0739. The van der Waals surface area contributed by atoms with Crippen LogP contribution >= 0.6 is 0 Å². The molecule has 0 aliphatic heterocycles. The van der Waals surface area contributed by atoms with Gasteiger partial charge in [0.15, 0.2) is 0 Å². The van der Waals surface area contributed by atoms with Crippen molar-refractivity contribution >= 4 is 5.97 Å². The first kappa shape index (κ1) is 10.7. The van der Waals surface area contributed by atoms with Gasteiger partial charge in [0.05, 0.1) is 25.6 Å². The lowest BCUT2D eigenvalue weighted by molar-refractivity contribution is -0.140. The Bertz CT molecular complexity index is 307. The van der Waals surface area contributed by atoms with Crippen molar-refractivity contribution in [3.63, 3.8) is 0 Å². The van der Waals surface area contributed by atoms with E-state index in [1.54, 1.807) is 12.5 Å². The van der Waals surface area contributed by atoms with Crippen molar-refractivity contribution < 1.29 is 9.53 Å². The second kappa shape index (κ2) is 4.76. The number of hydrogen-bond acceptors (Lipinski definition) is 4. The molecule has 0 aromatic carbocycles. The van der Waals surface area contributed by atoms with Crippen molar-refractivity contribution in [2.75, 3.05) is 7.11 Å². The number of imidazole rings is 1. The maximum Gasteiger partial charge on any atom is 0.307 e. The van der Waals surface area contributed by atoms with E-state index < -0.39 is 0 Å². The molecule has 0 fully saturated rings. The van der Waals surface area contributed by atoms with Crippen molar-refractivity contribution in [3.05, 3.63) is 18.2 Å². The van der Waals surface area contributed by atoms with Crippen LogP contribution in [0, 0.1) is 0 Å². The molecule has 5 nitrogen and oxygen atoms in total. The van der Waals surface area contributed by atoms with Gasteiger partial charge in [0.25, 0.3) is 0 Å². The van der Waals surface area contributed by atoms with E-state index in [0.717, 1.165) is 5.69 Å². The van der Waals surface area contributed by atoms with Crippen LogP contribution in [0.3, 0.4) is 0 Å². The van der Waals surface area contributed by atoms with E-state index in [1.807, 2.05) is 11.5 Å². The highest BCUT2D eigenvalue weighted by atomic mass is 16.5. The average Bonchev–Trinajstić information content (AvgIpc) is 2.62. The zero-order valence-electron chi connectivity index (χ0n) is 8.43. The maximum atomic E-state index is 10.9. The van der Waals surface area contributed by atoms with Gasteiger partial charge in [-0.1, -0.05) is 0 Å². The molecule has 0 saturated carbocycles. The van der Waals surface area contributed by atoms with E-state index in [1.165, 1.54) is 7.11 Å². The van der Waals surface area contributed by atoms with Gasteiger partial charge in [0.1, 0.15) is 0 Å². The summed E-state index contributed by atoms with van der Waals surface area (Å²) in [4.78, 5) is 14.9. The molecule has 0 radical (unpaired) electrons. The number of rotatable bonds is 4. The first-order chi connectivity index (χ1) is 6.65. The van der Waals surface area contributed by atoms with Gasteiger partial charge in [-0.05, 0) is 6.92 Å². The van der Waals surface area contributed by atoms with E-state index in [9.17, 15) is 4.79 Å². The molecule has 0 aliphatic carbocycles. The third kappa shape index (κ3) is 2.56. The molecule has 0 spiro atoms. The Morgan fingerprint density at radius 2 is 2.50 bits per heavy atom. The monoisotopic (exact) mass is 197 g/mol. The summed E-state index contributed by atoms with van der Waals surface area (Å²) in [5, 5.41) is 0. The van der Waals surface area contributed by atoms with Crippen molar-refractivity contribution in [3.8, 4) is 0 Å². The lowest BCUT2D eigenvalue weighted by Gasteiger charge is -2.09. The molecule has 0 amide bonds. The summed E-state index contributed by atoms with van der Waals surface area (Å²) in [5.74, 6) is -0.227. The first-order valence-electron chi connectivity index (χ1n) is 4.47. The van der Waals surface area contributed by atoms with Gasteiger partial charge in [-0.2, -0.15) is 0 Å². The van der Waals surface area contributed by atoms with Crippen LogP contribution in [0.4, 0.5) is 0 Å².